The number of hydrogen-bond acceptors (Lipinski definition) is 6. The first-order valence-electron chi connectivity index (χ1n) is 9.70. The second-order valence-corrected chi connectivity index (χ2v) is 11.1. The van der Waals surface area contributed by atoms with Crippen LogP contribution in [-0.2, 0) is 16.0 Å². The van der Waals surface area contributed by atoms with E-state index in [2.05, 4.69) is 36.1 Å². The summed E-state index contributed by atoms with van der Waals surface area (Å²) >= 11 is 3.15. The van der Waals surface area contributed by atoms with Crippen LogP contribution in [0.25, 0.3) is 0 Å². The Hall–Kier alpha value is -1.34. The van der Waals surface area contributed by atoms with Crippen molar-refractivity contribution in [2.75, 3.05) is 5.32 Å². The largest absolute Gasteiger partial charge is 0.444 e. The van der Waals surface area contributed by atoms with Crippen LogP contribution >= 0.6 is 23.1 Å². The van der Waals surface area contributed by atoms with Crippen molar-refractivity contribution in [3.05, 3.63) is 24.0 Å². The Morgan fingerprint density at radius 3 is 2.81 bits per heavy atom. The molecule has 146 valence electrons. The Balaban J connectivity index is 1.26. The second kappa shape index (κ2) is 7.59. The van der Waals surface area contributed by atoms with Gasteiger partial charge in [0.05, 0.1) is 22.4 Å². The van der Waals surface area contributed by atoms with Gasteiger partial charge >= 0.3 is 0 Å². The van der Waals surface area contributed by atoms with Crippen LogP contribution < -0.4 is 5.32 Å². The fraction of sp³-hybridized carbons (Fsp3) is 0.650. The van der Waals surface area contributed by atoms with Crippen LogP contribution in [0, 0.1) is 17.8 Å². The normalized spacial score (nSPS) is 24.5. The van der Waals surface area contributed by atoms with Crippen LogP contribution in [0.5, 0.6) is 0 Å². The number of rotatable bonds is 6. The number of nitrogens with one attached hydrogen (secondary N) is 1. The van der Waals surface area contributed by atoms with Gasteiger partial charge in [-0.05, 0) is 37.0 Å². The molecule has 7 heteroatoms. The molecule has 2 bridgehead atoms. The van der Waals surface area contributed by atoms with Crippen molar-refractivity contribution in [2.45, 2.75) is 68.3 Å². The fourth-order valence-corrected chi connectivity index (χ4v) is 6.02. The number of carbonyl (C=O) groups excluding carboxylic acids is 1. The zero-order valence-electron chi connectivity index (χ0n) is 16.2. The van der Waals surface area contributed by atoms with Crippen LogP contribution in [0.15, 0.2) is 21.0 Å². The number of aromatic nitrogens is 2. The highest BCUT2D eigenvalue weighted by molar-refractivity contribution is 8.00. The smallest absolute Gasteiger partial charge is 0.226 e. The summed E-state index contributed by atoms with van der Waals surface area (Å²) in [6, 6.07) is 0. The fourth-order valence-electron chi connectivity index (χ4n) is 4.28. The number of anilines is 1. The summed E-state index contributed by atoms with van der Waals surface area (Å²) in [5.74, 6) is 4.64. The van der Waals surface area contributed by atoms with Gasteiger partial charge < -0.3 is 9.73 Å². The zero-order valence-corrected chi connectivity index (χ0v) is 17.8. The molecule has 2 aromatic rings. The van der Waals surface area contributed by atoms with Gasteiger partial charge in [-0.25, -0.2) is 9.97 Å². The lowest BCUT2D eigenvalue weighted by Gasteiger charge is -2.20. The number of hydrogen-bond donors (Lipinski definition) is 1. The molecular formula is C20H27N3O2S2. The van der Waals surface area contributed by atoms with Crippen LogP contribution in [0.4, 0.5) is 5.13 Å². The molecular weight excluding hydrogens is 378 g/mol. The second-order valence-electron chi connectivity index (χ2n) is 8.83. The van der Waals surface area contributed by atoms with Gasteiger partial charge in [0.15, 0.2) is 5.13 Å². The molecule has 2 saturated carbocycles. The van der Waals surface area contributed by atoms with Crippen LogP contribution in [0.3, 0.4) is 0 Å². The molecule has 4 rings (SSSR count). The molecule has 27 heavy (non-hydrogen) atoms. The van der Waals surface area contributed by atoms with Crippen molar-refractivity contribution in [3.8, 4) is 0 Å². The Bertz CT molecular complexity index is 808. The van der Waals surface area contributed by atoms with Gasteiger partial charge in [0.1, 0.15) is 5.76 Å². The van der Waals surface area contributed by atoms with E-state index >= 15 is 0 Å². The molecule has 0 spiro atoms. The SMILES string of the molecule is CC(C)(C)c1cnc(CSc2cnc(NC(=O)CC3C[C@@H]4CC[C@H]3C4)s2)o1. The molecule has 2 aromatic heterocycles. The summed E-state index contributed by atoms with van der Waals surface area (Å²) in [5, 5.41) is 3.68. The molecule has 2 fully saturated rings. The summed E-state index contributed by atoms with van der Waals surface area (Å²) in [4.78, 5) is 21.1. The molecule has 2 aliphatic rings. The molecule has 0 aliphatic heterocycles. The van der Waals surface area contributed by atoms with Crippen molar-refractivity contribution < 1.29 is 9.21 Å². The van der Waals surface area contributed by atoms with Gasteiger partial charge in [0, 0.05) is 11.8 Å². The minimum absolute atomic E-state index is 0.0311. The van der Waals surface area contributed by atoms with Crippen LogP contribution in [0.1, 0.15) is 64.5 Å². The first-order chi connectivity index (χ1) is 12.9. The molecule has 1 N–H and O–H groups in total. The summed E-state index contributed by atoms with van der Waals surface area (Å²) < 4.78 is 6.88. The number of thiazole rings is 1. The topological polar surface area (TPSA) is 68.0 Å². The first kappa shape index (κ1) is 19.0. The molecule has 0 radical (unpaired) electrons. The molecule has 0 aromatic carbocycles. The Labute approximate surface area is 168 Å². The highest BCUT2D eigenvalue weighted by Crippen LogP contribution is 2.49. The molecule has 1 amide bonds. The molecule has 0 saturated heterocycles. The van der Waals surface area contributed by atoms with E-state index in [9.17, 15) is 4.79 Å². The van der Waals surface area contributed by atoms with E-state index in [-0.39, 0.29) is 11.3 Å². The summed E-state index contributed by atoms with van der Waals surface area (Å²) in [7, 11) is 0. The van der Waals surface area contributed by atoms with E-state index in [1.165, 1.54) is 37.0 Å². The predicted octanol–water partition coefficient (Wildman–Crippen LogP) is 5.49. The van der Waals surface area contributed by atoms with Crippen molar-refractivity contribution in [2.24, 2.45) is 17.8 Å². The average Bonchev–Trinajstić information content (AvgIpc) is 3.36. The van der Waals surface area contributed by atoms with Gasteiger partial charge in [-0.2, -0.15) is 0 Å². The molecule has 3 atom stereocenters. The predicted molar refractivity (Wildman–Crippen MR) is 109 cm³/mol. The number of fused-ring (bicyclic) bond motifs is 2. The van der Waals surface area contributed by atoms with Crippen LogP contribution in [0.2, 0.25) is 0 Å². The highest BCUT2D eigenvalue weighted by atomic mass is 32.2. The van der Waals surface area contributed by atoms with Gasteiger partial charge in [-0.15, -0.1) is 11.8 Å². The quantitative estimate of drug-likeness (QED) is 0.644. The first-order valence-corrected chi connectivity index (χ1v) is 11.5. The highest BCUT2D eigenvalue weighted by Gasteiger charge is 2.40. The third kappa shape index (κ3) is 4.57. The van der Waals surface area contributed by atoms with E-state index in [1.54, 1.807) is 11.8 Å². The molecule has 2 aliphatic carbocycles. The lowest BCUT2D eigenvalue weighted by molar-refractivity contribution is -0.117. The lowest BCUT2D eigenvalue weighted by atomic mass is 9.86. The number of oxazole rings is 1. The summed E-state index contributed by atoms with van der Waals surface area (Å²) in [5.41, 5.74) is -0.0311. The maximum absolute atomic E-state index is 12.4. The average molecular weight is 406 g/mol. The Kier molecular flexibility index (Phi) is 5.34. The molecule has 1 unspecified atom stereocenters. The standard InChI is InChI=1S/C20H27N3O2S2/c1-20(2,3)15-9-21-17(25-15)11-26-18-10-22-19(27-18)23-16(24)8-14-7-12-4-5-13(14)6-12/h9-10,12-14H,4-8,11H2,1-3H3,(H,22,23,24)/t12-,13+,14?/m1/s1. The van der Waals surface area contributed by atoms with E-state index in [1.807, 2.05) is 12.4 Å². The summed E-state index contributed by atoms with van der Waals surface area (Å²) in [6.07, 6.45) is 9.54. The van der Waals surface area contributed by atoms with Gasteiger partial charge in [-0.1, -0.05) is 38.5 Å². The minimum atomic E-state index is -0.0311. The summed E-state index contributed by atoms with van der Waals surface area (Å²) in [6.45, 7) is 6.33. The van der Waals surface area contributed by atoms with Gasteiger partial charge in [0.2, 0.25) is 11.8 Å². The maximum atomic E-state index is 12.4. The van der Waals surface area contributed by atoms with Gasteiger partial charge in [-0.3, -0.25) is 4.79 Å². The van der Waals surface area contributed by atoms with Crippen LogP contribution in [-0.4, -0.2) is 15.9 Å². The van der Waals surface area contributed by atoms with Crippen molar-refractivity contribution >= 4 is 34.1 Å². The number of amides is 1. The van der Waals surface area contributed by atoms with Crippen molar-refractivity contribution in [1.82, 2.24) is 9.97 Å². The lowest BCUT2D eigenvalue weighted by Crippen LogP contribution is -2.20. The monoisotopic (exact) mass is 405 g/mol. The van der Waals surface area contributed by atoms with E-state index in [0.29, 0.717) is 23.2 Å². The number of thioether (sulfide) groups is 1. The Morgan fingerprint density at radius 1 is 1.30 bits per heavy atom. The number of carbonyl (C=O) groups is 1. The maximum Gasteiger partial charge on any atom is 0.226 e. The van der Waals surface area contributed by atoms with Crippen molar-refractivity contribution in [1.29, 1.82) is 0 Å². The van der Waals surface area contributed by atoms with Gasteiger partial charge in [0.25, 0.3) is 0 Å². The van der Waals surface area contributed by atoms with E-state index in [0.717, 1.165) is 27.7 Å². The van der Waals surface area contributed by atoms with E-state index in [4.69, 9.17) is 4.42 Å². The minimum Gasteiger partial charge on any atom is -0.444 e. The zero-order chi connectivity index (χ0) is 19.0. The van der Waals surface area contributed by atoms with E-state index < -0.39 is 0 Å². The third-order valence-corrected chi connectivity index (χ3v) is 7.79. The number of nitrogens with zero attached hydrogens (tertiary/aromatic N) is 2. The Morgan fingerprint density at radius 2 is 2.15 bits per heavy atom. The van der Waals surface area contributed by atoms with Crippen molar-refractivity contribution in [3.63, 3.8) is 0 Å². The third-order valence-electron chi connectivity index (χ3n) is 5.69. The molecule has 2 heterocycles. The molecule has 5 nitrogen and oxygen atoms in total.